The second-order valence-electron chi connectivity index (χ2n) is 7.02. The maximum atomic E-state index is 12.4. The molecule has 2 amide bonds. The highest BCUT2D eigenvalue weighted by Crippen LogP contribution is 2.19. The van der Waals surface area contributed by atoms with Crippen molar-refractivity contribution in [3.63, 3.8) is 0 Å². The zero-order valence-electron chi connectivity index (χ0n) is 16.8. The monoisotopic (exact) mass is 417 g/mol. The summed E-state index contributed by atoms with van der Waals surface area (Å²) in [7, 11) is 0. The molecular weight excluding hydrogens is 394 g/mol. The SMILES string of the molecule is CC(C)NC(=O)c1ccccc1NC(=S)NC(=O)/C=C/c1cccc2ccccc12. The number of rotatable bonds is 5. The normalized spacial score (nSPS) is 10.9. The molecule has 0 spiro atoms. The van der Waals surface area contributed by atoms with E-state index < -0.39 is 0 Å². The molecule has 0 unspecified atom stereocenters. The predicted octanol–water partition coefficient (Wildman–Crippen LogP) is 4.50. The maximum absolute atomic E-state index is 12.4. The van der Waals surface area contributed by atoms with E-state index in [4.69, 9.17) is 12.2 Å². The zero-order valence-corrected chi connectivity index (χ0v) is 17.6. The number of amides is 2. The van der Waals surface area contributed by atoms with Gasteiger partial charge in [-0.2, -0.15) is 0 Å². The molecule has 0 heterocycles. The van der Waals surface area contributed by atoms with Gasteiger partial charge in [-0.05, 0) is 60.6 Å². The van der Waals surface area contributed by atoms with E-state index in [0.717, 1.165) is 16.3 Å². The van der Waals surface area contributed by atoms with Gasteiger partial charge in [0.25, 0.3) is 5.91 Å². The summed E-state index contributed by atoms with van der Waals surface area (Å²) in [6, 6.07) is 20.9. The van der Waals surface area contributed by atoms with Gasteiger partial charge in [-0.15, -0.1) is 0 Å². The lowest BCUT2D eigenvalue weighted by atomic mass is 10.0. The fourth-order valence-corrected chi connectivity index (χ4v) is 3.21. The average molecular weight is 418 g/mol. The Balaban J connectivity index is 1.66. The minimum absolute atomic E-state index is 0.0106. The molecule has 30 heavy (non-hydrogen) atoms. The number of benzene rings is 3. The molecule has 3 aromatic carbocycles. The summed E-state index contributed by atoms with van der Waals surface area (Å²) >= 11 is 5.25. The van der Waals surface area contributed by atoms with Crippen molar-refractivity contribution in [2.75, 3.05) is 5.32 Å². The fraction of sp³-hybridized carbons (Fsp3) is 0.125. The number of carbonyl (C=O) groups excluding carboxylic acids is 2. The summed E-state index contributed by atoms with van der Waals surface area (Å²) in [5, 5.41) is 10.7. The van der Waals surface area contributed by atoms with E-state index >= 15 is 0 Å². The van der Waals surface area contributed by atoms with Crippen molar-refractivity contribution >= 4 is 51.7 Å². The summed E-state index contributed by atoms with van der Waals surface area (Å²) in [5.41, 5.74) is 1.92. The second kappa shape index (κ2) is 9.80. The quantitative estimate of drug-likeness (QED) is 0.422. The molecule has 0 aliphatic carbocycles. The van der Waals surface area contributed by atoms with Crippen LogP contribution < -0.4 is 16.0 Å². The fourth-order valence-electron chi connectivity index (χ4n) is 3.00. The second-order valence-corrected chi connectivity index (χ2v) is 7.43. The summed E-state index contributed by atoms with van der Waals surface area (Å²) in [6.07, 6.45) is 3.19. The lowest BCUT2D eigenvalue weighted by Gasteiger charge is -2.14. The van der Waals surface area contributed by atoms with Crippen molar-refractivity contribution in [2.45, 2.75) is 19.9 Å². The van der Waals surface area contributed by atoms with Gasteiger partial charge in [0.15, 0.2) is 5.11 Å². The molecule has 0 aliphatic rings. The number of nitrogens with one attached hydrogen (secondary N) is 3. The van der Waals surface area contributed by atoms with E-state index in [2.05, 4.69) is 16.0 Å². The number of thiocarbonyl (C=S) groups is 1. The van der Waals surface area contributed by atoms with Crippen LogP contribution in [0.15, 0.2) is 72.8 Å². The zero-order chi connectivity index (χ0) is 21.5. The van der Waals surface area contributed by atoms with E-state index in [-0.39, 0.29) is 23.0 Å². The molecule has 0 radical (unpaired) electrons. The molecule has 0 saturated carbocycles. The van der Waals surface area contributed by atoms with E-state index in [0.29, 0.717) is 11.3 Å². The Kier molecular flexibility index (Phi) is 6.93. The van der Waals surface area contributed by atoms with Crippen LogP contribution in [-0.2, 0) is 4.79 Å². The van der Waals surface area contributed by atoms with E-state index in [1.54, 1.807) is 30.3 Å². The van der Waals surface area contributed by atoms with Gasteiger partial charge in [0.1, 0.15) is 0 Å². The Hall–Kier alpha value is -3.51. The summed E-state index contributed by atoms with van der Waals surface area (Å²) < 4.78 is 0. The van der Waals surface area contributed by atoms with Crippen LogP contribution in [0.2, 0.25) is 0 Å². The third kappa shape index (κ3) is 5.52. The van der Waals surface area contributed by atoms with Crippen LogP contribution in [0.3, 0.4) is 0 Å². The van der Waals surface area contributed by atoms with Crippen molar-refractivity contribution in [1.29, 1.82) is 0 Å². The lowest BCUT2D eigenvalue weighted by molar-refractivity contribution is -0.115. The van der Waals surface area contributed by atoms with Crippen molar-refractivity contribution in [1.82, 2.24) is 10.6 Å². The Morgan fingerprint density at radius 2 is 1.63 bits per heavy atom. The van der Waals surface area contributed by atoms with Crippen LogP contribution in [0, 0.1) is 0 Å². The van der Waals surface area contributed by atoms with Crippen LogP contribution >= 0.6 is 12.2 Å². The van der Waals surface area contributed by atoms with Crippen LogP contribution in [0.4, 0.5) is 5.69 Å². The highest BCUT2D eigenvalue weighted by atomic mass is 32.1. The molecule has 152 valence electrons. The Labute approximate surface area is 181 Å². The number of hydrogen-bond donors (Lipinski definition) is 3. The van der Waals surface area contributed by atoms with Crippen molar-refractivity contribution in [2.24, 2.45) is 0 Å². The average Bonchev–Trinajstić information content (AvgIpc) is 2.72. The molecule has 5 nitrogen and oxygen atoms in total. The van der Waals surface area contributed by atoms with E-state index in [1.165, 1.54) is 6.08 Å². The molecule has 0 bridgehead atoms. The first kappa shape index (κ1) is 21.2. The van der Waals surface area contributed by atoms with Crippen molar-refractivity contribution in [3.05, 3.63) is 83.9 Å². The van der Waals surface area contributed by atoms with Crippen LogP contribution in [-0.4, -0.2) is 23.0 Å². The molecule has 3 aromatic rings. The van der Waals surface area contributed by atoms with E-state index in [1.807, 2.05) is 56.3 Å². The minimum atomic E-state index is -0.357. The van der Waals surface area contributed by atoms with Crippen molar-refractivity contribution in [3.8, 4) is 0 Å². The van der Waals surface area contributed by atoms with Gasteiger partial charge in [-0.1, -0.05) is 54.6 Å². The highest BCUT2D eigenvalue weighted by molar-refractivity contribution is 7.80. The standard InChI is InChI=1S/C24H23N3O2S/c1-16(2)25-23(29)20-12-5-6-13-21(20)26-24(30)27-22(28)15-14-18-10-7-9-17-8-3-4-11-19(17)18/h3-16H,1-2H3,(H,25,29)(H2,26,27,28,30)/b15-14+. The molecule has 3 N–H and O–H groups in total. The Bertz CT molecular complexity index is 1120. The Morgan fingerprint density at radius 3 is 2.43 bits per heavy atom. The van der Waals surface area contributed by atoms with Gasteiger partial charge in [-0.3, -0.25) is 14.9 Å². The van der Waals surface area contributed by atoms with Gasteiger partial charge in [0, 0.05) is 12.1 Å². The summed E-state index contributed by atoms with van der Waals surface area (Å²) in [5.74, 6) is -0.567. The first-order chi connectivity index (χ1) is 14.4. The first-order valence-corrected chi connectivity index (χ1v) is 10.0. The van der Waals surface area contributed by atoms with E-state index in [9.17, 15) is 9.59 Å². The predicted molar refractivity (Wildman–Crippen MR) is 126 cm³/mol. The van der Waals surface area contributed by atoms with Crippen molar-refractivity contribution < 1.29 is 9.59 Å². The summed E-state index contributed by atoms with van der Waals surface area (Å²) in [4.78, 5) is 24.7. The minimum Gasteiger partial charge on any atom is -0.350 e. The highest BCUT2D eigenvalue weighted by Gasteiger charge is 2.13. The topological polar surface area (TPSA) is 70.2 Å². The Morgan fingerprint density at radius 1 is 0.933 bits per heavy atom. The van der Waals surface area contributed by atoms with Crippen LogP contribution in [0.5, 0.6) is 0 Å². The van der Waals surface area contributed by atoms with Crippen LogP contribution in [0.25, 0.3) is 16.8 Å². The molecule has 0 aromatic heterocycles. The largest absolute Gasteiger partial charge is 0.350 e. The smallest absolute Gasteiger partial charge is 0.253 e. The molecule has 0 atom stereocenters. The maximum Gasteiger partial charge on any atom is 0.253 e. The van der Waals surface area contributed by atoms with Crippen LogP contribution in [0.1, 0.15) is 29.8 Å². The molecular formula is C24H23N3O2S. The molecule has 0 saturated heterocycles. The number of anilines is 1. The molecule has 0 fully saturated rings. The molecule has 3 rings (SSSR count). The van der Waals surface area contributed by atoms with Gasteiger partial charge in [-0.25, -0.2) is 0 Å². The number of fused-ring (bicyclic) bond motifs is 1. The third-order valence-corrected chi connectivity index (χ3v) is 4.52. The van der Waals surface area contributed by atoms with Gasteiger partial charge in [0.2, 0.25) is 5.91 Å². The molecule has 6 heteroatoms. The van der Waals surface area contributed by atoms with Gasteiger partial charge >= 0.3 is 0 Å². The number of carbonyl (C=O) groups is 2. The lowest BCUT2D eigenvalue weighted by Crippen LogP contribution is -2.34. The molecule has 0 aliphatic heterocycles. The number of hydrogen-bond acceptors (Lipinski definition) is 3. The van der Waals surface area contributed by atoms with Gasteiger partial charge in [0.05, 0.1) is 11.3 Å². The third-order valence-electron chi connectivity index (χ3n) is 4.31. The summed E-state index contributed by atoms with van der Waals surface area (Å²) in [6.45, 7) is 3.78. The first-order valence-electron chi connectivity index (χ1n) is 9.62. The number of para-hydroxylation sites is 1. The van der Waals surface area contributed by atoms with Gasteiger partial charge < -0.3 is 10.6 Å².